The molecule has 30 heavy (non-hydrogen) atoms. The number of likely N-dealkylation sites (tertiary alicyclic amines) is 1. The summed E-state index contributed by atoms with van der Waals surface area (Å²) in [4.78, 5) is 50.9. The molecule has 156 valence electrons. The fraction of sp³-hybridized carbons (Fsp3) is 0.364. The Bertz CT molecular complexity index is 1030. The maximum absolute atomic E-state index is 12.8. The van der Waals surface area contributed by atoms with Gasteiger partial charge >= 0.3 is 0 Å². The zero-order valence-electron chi connectivity index (χ0n) is 16.5. The molecule has 2 heterocycles. The molecular weight excluding hydrogens is 384 g/mol. The van der Waals surface area contributed by atoms with Crippen molar-refractivity contribution in [3.05, 3.63) is 64.6 Å². The molecule has 2 aliphatic rings. The molecule has 2 fully saturated rings. The summed E-state index contributed by atoms with van der Waals surface area (Å²) in [5.41, 5.74) is 6.48. The van der Waals surface area contributed by atoms with Crippen LogP contribution in [-0.2, 0) is 9.59 Å². The first kappa shape index (κ1) is 19.9. The van der Waals surface area contributed by atoms with E-state index in [0.717, 1.165) is 12.8 Å². The van der Waals surface area contributed by atoms with Gasteiger partial charge in [-0.1, -0.05) is 6.07 Å². The van der Waals surface area contributed by atoms with Crippen molar-refractivity contribution in [2.75, 3.05) is 6.54 Å². The Labute approximate surface area is 173 Å². The number of hydrogen-bond donors (Lipinski definition) is 2. The van der Waals surface area contributed by atoms with E-state index in [1.54, 1.807) is 47.5 Å². The van der Waals surface area contributed by atoms with E-state index in [0.29, 0.717) is 30.6 Å². The third-order valence-electron chi connectivity index (χ3n) is 5.68. The number of rotatable bonds is 5. The van der Waals surface area contributed by atoms with Gasteiger partial charge in [-0.2, -0.15) is 0 Å². The number of benzene rings is 1. The Hall–Kier alpha value is -3.42. The van der Waals surface area contributed by atoms with Gasteiger partial charge < -0.3 is 16.0 Å². The largest absolute Gasteiger partial charge is 0.368 e. The molecule has 1 aromatic carbocycles. The Balaban J connectivity index is 1.49. The Morgan fingerprint density at radius 3 is 2.37 bits per heavy atom. The Kier molecular flexibility index (Phi) is 5.39. The van der Waals surface area contributed by atoms with Crippen molar-refractivity contribution in [3.8, 4) is 5.69 Å². The Morgan fingerprint density at radius 1 is 1.00 bits per heavy atom. The number of nitrogens with two attached hydrogens (primary N) is 1. The van der Waals surface area contributed by atoms with Gasteiger partial charge in [0.2, 0.25) is 11.8 Å². The highest BCUT2D eigenvalue weighted by Gasteiger charge is 2.43. The summed E-state index contributed by atoms with van der Waals surface area (Å²) in [6.45, 7) is 0.482. The average Bonchev–Trinajstić information content (AvgIpc) is 3.59. The lowest BCUT2D eigenvalue weighted by Gasteiger charge is -2.39. The van der Waals surface area contributed by atoms with Gasteiger partial charge in [0, 0.05) is 36.0 Å². The number of nitrogens with one attached hydrogen (secondary N) is 1. The average molecular weight is 408 g/mol. The standard InChI is InChI=1S/C22H24N4O4/c23-20(28)19-17(4-3-13-26(19)22(30)15-6-7-15)24-21(29)14-8-10-16(11-9-14)25-12-2-1-5-18(25)27/h1-2,5,8-12,15,17,19H,3-4,6-7,13H2,(H2,23,28)(H,24,29). The van der Waals surface area contributed by atoms with E-state index >= 15 is 0 Å². The van der Waals surface area contributed by atoms with Crippen LogP contribution < -0.4 is 16.6 Å². The molecule has 2 atom stereocenters. The van der Waals surface area contributed by atoms with Crippen LogP contribution in [0, 0.1) is 5.92 Å². The molecule has 3 amide bonds. The first-order valence-electron chi connectivity index (χ1n) is 10.1. The zero-order chi connectivity index (χ0) is 21.3. The van der Waals surface area contributed by atoms with E-state index in [1.165, 1.54) is 10.6 Å². The summed E-state index contributed by atoms with van der Waals surface area (Å²) in [5, 5.41) is 2.88. The smallest absolute Gasteiger partial charge is 0.255 e. The second kappa shape index (κ2) is 8.14. The Morgan fingerprint density at radius 2 is 1.73 bits per heavy atom. The fourth-order valence-electron chi connectivity index (χ4n) is 3.98. The number of hydrogen-bond acceptors (Lipinski definition) is 4. The normalized spacial score (nSPS) is 21.1. The third-order valence-corrected chi connectivity index (χ3v) is 5.68. The second-order valence-corrected chi connectivity index (χ2v) is 7.83. The molecule has 4 rings (SSSR count). The molecule has 0 radical (unpaired) electrons. The minimum absolute atomic E-state index is 0.0183. The molecule has 1 aliphatic heterocycles. The van der Waals surface area contributed by atoms with Crippen molar-refractivity contribution >= 4 is 17.7 Å². The minimum atomic E-state index is -0.835. The summed E-state index contributed by atoms with van der Waals surface area (Å²) in [6, 6.07) is 10.1. The SMILES string of the molecule is NC(=O)C1C(NC(=O)c2ccc(-n3ccccc3=O)cc2)CCCN1C(=O)C1CC1. The lowest BCUT2D eigenvalue weighted by molar-refractivity contribution is -0.143. The molecule has 1 saturated carbocycles. The first-order valence-corrected chi connectivity index (χ1v) is 10.1. The van der Waals surface area contributed by atoms with Crippen LogP contribution >= 0.6 is 0 Å². The van der Waals surface area contributed by atoms with Crippen LogP contribution in [0.15, 0.2) is 53.5 Å². The van der Waals surface area contributed by atoms with Gasteiger partial charge in [-0.25, -0.2) is 0 Å². The monoisotopic (exact) mass is 408 g/mol. The summed E-state index contributed by atoms with van der Waals surface area (Å²) in [7, 11) is 0. The summed E-state index contributed by atoms with van der Waals surface area (Å²) < 4.78 is 1.48. The van der Waals surface area contributed by atoms with Crippen molar-refractivity contribution in [1.82, 2.24) is 14.8 Å². The van der Waals surface area contributed by atoms with Crippen molar-refractivity contribution in [2.24, 2.45) is 11.7 Å². The molecule has 0 spiro atoms. The van der Waals surface area contributed by atoms with Gasteiger partial charge in [0.25, 0.3) is 11.5 Å². The van der Waals surface area contributed by atoms with E-state index < -0.39 is 18.0 Å². The molecule has 1 aromatic heterocycles. The van der Waals surface area contributed by atoms with Crippen molar-refractivity contribution in [3.63, 3.8) is 0 Å². The number of pyridine rings is 1. The number of nitrogens with zero attached hydrogens (tertiary/aromatic N) is 2. The molecule has 3 N–H and O–H groups in total. The second-order valence-electron chi connectivity index (χ2n) is 7.83. The summed E-state index contributed by atoms with van der Waals surface area (Å²) in [5.74, 6) is -1.02. The van der Waals surface area contributed by atoms with E-state index in [1.807, 2.05) is 0 Å². The van der Waals surface area contributed by atoms with Gasteiger partial charge in [0.05, 0.1) is 6.04 Å². The first-order chi connectivity index (χ1) is 14.5. The highest BCUT2D eigenvalue weighted by atomic mass is 16.2. The lowest BCUT2D eigenvalue weighted by Crippen LogP contribution is -2.62. The number of carbonyl (C=O) groups is 3. The molecule has 2 aromatic rings. The number of piperidine rings is 1. The van der Waals surface area contributed by atoms with Crippen molar-refractivity contribution in [2.45, 2.75) is 37.8 Å². The summed E-state index contributed by atoms with van der Waals surface area (Å²) in [6.07, 6.45) is 4.61. The molecule has 8 heteroatoms. The van der Waals surface area contributed by atoms with Crippen LogP contribution in [0.25, 0.3) is 5.69 Å². The molecule has 1 saturated heterocycles. The van der Waals surface area contributed by atoms with E-state index in [2.05, 4.69) is 5.32 Å². The van der Waals surface area contributed by atoms with Gasteiger partial charge in [-0.3, -0.25) is 23.7 Å². The van der Waals surface area contributed by atoms with Crippen LogP contribution in [0.1, 0.15) is 36.0 Å². The third kappa shape index (κ3) is 3.98. The summed E-state index contributed by atoms with van der Waals surface area (Å²) >= 11 is 0. The van der Waals surface area contributed by atoms with E-state index in [4.69, 9.17) is 5.73 Å². The van der Waals surface area contributed by atoms with Gasteiger partial charge in [0.15, 0.2) is 0 Å². The van der Waals surface area contributed by atoms with Crippen molar-refractivity contribution in [1.29, 1.82) is 0 Å². The van der Waals surface area contributed by atoms with Crippen molar-refractivity contribution < 1.29 is 14.4 Å². The molecule has 2 unspecified atom stereocenters. The van der Waals surface area contributed by atoms with E-state index in [9.17, 15) is 19.2 Å². The predicted octanol–water partition coefficient (Wildman–Crippen LogP) is 0.822. The van der Waals surface area contributed by atoms with Crippen LogP contribution in [0.5, 0.6) is 0 Å². The van der Waals surface area contributed by atoms with Crippen LogP contribution in [-0.4, -0.2) is 45.8 Å². The van der Waals surface area contributed by atoms with Gasteiger partial charge in [-0.05, 0) is 56.0 Å². The zero-order valence-corrected chi connectivity index (χ0v) is 16.5. The maximum atomic E-state index is 12.8. The molecule has 1 aliphatic carbocycles. The maximum Gasteiger partial charge on any atom is 0.255 e. The number of amides is 3. The highest BCUT2D eigenvalue weighted by molar-refractivity contribution is 5.96. The quantitative estimate of drug-likeness (QED) is 0.762. The van der Waals surface area contributed by atoms with Gasteiger partial charge in [0.1, 0.15) is 6.04 Å². The fourth-order valence-corrected chi connectivity index (χ4v) is 3.98. The number of aromatic nitrogens is 1. The van der Waals surface area contributed by atoms with Crippen LogP contribution in [0.2, 0.25) is 0 Å². The molecule has 0 bridgehead atoms. The van der Waals surface area contributed by atoms with Crippen LogP contribution in [0.3, 0.4) is 0 Å². The number of carbonyl (C=O) groups excluding carboxylic acids is 3. The lowest BCUT2D eigenvalue weighted by atomic mass is 9.94. The minimum Gasteiger partial charge on any atom is -0.368 e. The molecular formula is C22H24N4O4. The van der Waals surface area contributed by atoms with E-state index in [-0.39, 0.29) is 23.3 Å². The number of primary amides is 1. The predicted molar refractivity (Wildman–Crippen MR) is 110 cm³/mol. The topological polar surface area (TPSA) is 114 Å². The molecule has 8 nitrogen and oxygen atoms in total. The van der Waals surface area contributed by atoms with Gasteiger partial charge in [-0.15, -0.1) is 0 Å². The highest BCUT2D eigenvalue weighted by Crippen LogP contribution is 2.33. The van der Waals surface area contributed by atoms with Crippen LogP contribution in [0.4, 0.5) is 0 Å².